The number of primary amides is 1. The fourth-order valence-electron chi connectivity index (χ4n) is 2.73. The monoisotopic (exact) mass is 243 g/mol. The topological polar surface area (TPSA) is 72.5 Å². The van der Waals surface area contributed by atoms with E-state index in [1.54, 1.807) is 0 Å². The van der Waals surface area contributed by atoms with Crippen LogP contribution in [0.15, 0.2) is 0 Å². The number of amides is 1. The van der Waals surface area contributed by atoms with Gasteiger partial charge in [0.25, 0.3) is 0 Å². The van der Waals surface area contributed by atoms with Crippen molar-refractivity contribution in [2.45, 2.75) is 46.5 Å². The molecule has 1 aliphatic carbocycles. The minimum atomic E-state index is -0.696. The van der Waals surface area contributed by atoms with Crippen molar-refractivity contribution in [1.29, 1.82) is 0 Å². The molecule has 1 rings (SSSR count). The summed E-state index contributed by atoms with van der Waals surface area (Å²) in [5.74, 6) is 0.402. The molecule has 0 aromatic rings. The van der Waals surface area contributed by atoms with Gasteiger partial charge < -0.3 is 15.6 Å². The lowest BCUT2D eigenvalue weighted by Crippen LogP contribution is -2.44. The summed E-state index contributed by atoms with van der Waals surface area (Å²) in [5.41, 5.74) is 5.13. The van der Waals surface area contributed by atoms with Crippen LogP contribution in [0.25, 0.3) is 0 Å². The maximum absolute atomic E-state index is 10.8. The minimum Gasteiger partial charge on any atom is -0.449 e. The molecule has 0 heterocycles. The first kappa shape index (κ1) is 14.3. The van der Waals surface area contributed by atoms with Crippen LogP contribution in [0.5, 0.6) is 0 Å². The van der Waals surface area contributed by atoms with Crippen molar-refractivity contribution in [3.8, 4) is 0 Å². The van der Waals surface area contributed by atoms with Crippen molar-refractivity contribution >= 4 is 6.09 Å². The van der Waals surface area contributed by atoms with Crippen molar-refractivity contribution in [2.24, 2.45) is 22.5 Å². The van der Waals surface area contributed by atoms with Gasteiger partial charge in [-0.2, -0.15) is 0 Å². The highest BCUT2D eigenvalue weighted by atomic mass is 16.5. The van der Waals surface area contributed by atoms with Gasteiger partial charge in [0.15, 0.2) is 0 Å². The summed E-state index contributed by atoms with van der Waals surface area (Å²) in [6.07, 6.45) is 3.26. The predicted molar refractivity (Wildman–Crippen MR) is 66.5 cm³/mol. The summed E-state index contributed by atoms with van der Waals surface area (Å²) >= 11 is 0. The van der Waals surface area contributed by atoms with Gasteiger partial charge >= 0.3 is 6.09 Å². The minimum absolute atomic E-state index is 0.00625. The van der Waals surface area contributed by atoms with E-state index < -0.39 is 6.09 Å². The maximum Gasteiger partial charge on any atom is 0.404 e. The summed E-state index contributed by atoms with van der Waals surface area (Å²) < 4.78 is 5.06. The second-order valence-electron chi connectivity index (χ2n) is 6.26. The summed E-state index contributed by atoms with van der Waals surface area (Å²) in [6, 6.07) is 0. The van der Waals surface area contributed by atoms with Crippen LogP contribution in [0.3, 0.4) is 0 Å². The molecular weight excluding hydrogens is 218 g/mol. The standard InChI is InChI=1S/C13H25NO3/c1-12(2,3)13(9-17-11(14)16)6-4-10(8-15)5-7-13/h10,15H,4-9H2,1-3H3,(H2,14,16). The van der Waals surface area contributed by atoms with Gasteiger partial charge in [-0.15, -0.1) is 0 Å². The number of nitrogens with two attached hydrogens (primary N) is 1. The van der Waals surface area contributed by atoms with Crippen LogP contribution < -0.4 is 5.73 Å². The molecule has 3 N–H and O–H groups in total. The first-order valence-electron chi connectivity index (χ1n) is 6.34. The van der Waals surface area contributed by atoms with Gasteiger partial charge in [-0.1, -0.05) is 20.8 Å². The SMILES string of the molecule is CC(C)(C)C1(COC(N)=O)CCC(CO)CC1. The van der Waals surface area contributed by atoms with E-state index in [4.69, 9.17) is 10.5 Å². The molecule has 100 valence electrons. The van der Waals surface area contributed by atoms with Gasteiger partial charge in [0.2, 0.25) is 0 Å². The number of carbonyl (C=O) groups is 1. The van der Waals surface area contributed by atoms with Gasteiger partial charge in [-0.3, -0.25) is 0 Å². The van der Waals surface area contributed by atoms with E-state index in [9.17, 15) is 9.90 Å². The second kappa shape index (κ2) is 5.25. The Kier molecular flexibility index (Phi) is 4.42. The van der Waals surface area contributed by atoms with Crippen LogP contribution >= 0.6 is 0 Å². The summed E-state index contributed by atoms with van der Waals surface area (Å²) in [5, 5.41) is 9.18. The van der Waals surface area contributed by atoms with Gasteiger partial charge in [0, 0.05) is 12.0 Å². The highest BCUT2D eigenvalue weighted by molar-refractivity contribution is 5.64. The molecule has 0 spiro atoms. The highest BCUT2D eigenvalue weighted by Crippen LogP contribution is 2.50. The molecule has 1 aliphatic rings. The molecule has 1 saturated carbocycles. The lowest BCUT2D eigenvalue weighted by molar-refractivity contribution is -0.0389. The summed E-state index contributed by atoms with van der Waals surface area (Å²) in [7, 11) is 0. The Morgan fingerprint density at radius 3 is 2.29 bits per heavy atom. The number of hydrogen-bond acceptors (Lipinski definition) is 3. The number of hydrogen-bond donors (Lipinski definition) is 2. The largest absolute Gasteiger partial charge is 0.449 e. The van der Waals surface area contributed by atoms with Crippen molar-refractivity contribution in [1.82, 2.24) is 0 Å². The molecule has 0 saturated heterocycles. The molecule has 0 aromatic heterocycles. The number of aliphatic hydroxyl groups is 1. The first-order valence-corrected chi connectivity index (χ1v) is 6.34. The van der Waals surface area contributed by atoms with Crippen LogP contribution in [0.2, 0.25) is 0 Å². The molecule has 17 heavy (non-hydrogen) atoms. The van der Waals surface area contributed by atoms with Gasteiger partial charge in [0.1, 0.15) is 0 Å². The molecule has 0 aliphatic heterocycles. The molecule has 0 aromatic carbocycles. The van der Waals surface area contributed by atoms with E-state index >= 15 is 0 Å². The number of rotatable bonds is 3. The quantitative estimate of drug-likeness (QED) is 0.798. The maximum atomic E-state index is 10.8. The zero-order chi connectivity index (χ0) is 13.1. The molecule has 4 nitrogen and oxygen atoms in total. The van der Waals surface area contributed by atoms with Crippen LogP contribution in [0.4, 0.5) is 4.79 Å². The zero-order valence-corrected chi connectivity index (χ0v) is 11.2. The van der Waals surface area contributed by atoms with E-state index in [0.717, 1.165) is 25.7 Å². The van der Waals surface area contributed by atoms with E-state index in [2.05, 4.69) is 20.8 Å². The lowest BCUT2D eigenvalue weighted by Gasteiger charge is -2.48. The fraction of sp³-hybridized carbons (Fsp3) is 0.923. The van der Waals surface area contributed by atoms with Gasteiger partial charge in [-0.25, -0.2) is 4.79 Å². The van der Waals surface area contributed by atoms with Crippen LogP contribution in [0, 0.1) is 16.7 Å². The predicted octanol–water partition coefficient (Wildman–Crippen LogP) is 2.30. The summed E-state index contributed by atoms with van der Waals surface area (Å²) in [4.78, 5) is 10.8. The number of ether oxygens (including phenoxy) is 1. The van der Waals surface area contributed by atoms with Crippen molar-refractivity contribution in [3.05, 3.63) is 0 Å². The van der Waals surface area contributed by atoms with E-state index in [1.165, 1.54) is 0 Å². The lowest BCUT2D eigenvalue weighted by atomic mass is 9.58. The Bertz CT molecular complexity index is 262. The molecular formula is C13H25NO3. The second-order valence-corrected chi connectivity index (χ2v) is 6.26. The number of aliphatic hydroxyl groups excluding tert-OH is 1. The molecule has 0 unspecified atom stereocenters. The average molecular weight is 243 g/mol. The van der Waals surface area contributed by atoms with E-state index in [1.807, 2.05) is 0 Å². The molecule has 4 heteroatoms. The zero-order valence-electron chi connectivity index (χ0n) is 11.2. The van der Waals surface area contributed by atoms with Crippen molar-refractivity contribution < 1.29 is 14.6 Å². The fourth-order valence-corrected chi connectivity index (χ4v) is 2.73. The first-order chi connectivity index (χ1) is 7.81. The van der Waals surface area contributed by atoms with Crippen LogP contribution in [0.1, 0.15) is 46.5 Å². The Balaban J connectivity index is 2.72. The normalized spacial score (nSPS) is 30.0. The molecule has 0 bridgehead atoms. The van der Waals surface area contributed by atoms with Crippen molar-refractivity contribution in [2.75, 3.05) is 13.2 Å². The van der Waals surface area contributed by atoms with Crippen LogP contribution in [-0.2, 0) is 4.74 Å². The third-order valence-corrected chi connectivity index (χ3v) is 4.40. The van der Waals surface area contributed by atoms with Crippen LogP contribution in [-0.4, -0.2) is 24.4 Å². The van der Waals surface area contributed by atoms with E-state index in [0.29, 0.717) is 12.5 Å². The molecule has 1 amide bonds. The molecule has 0 radical (unpaired) electrons. The van der Waals surface area contributed by atoms with E-state index in [-0.39, 0.29) is 17.4 Å². The Labute approximate surface area is 104 Å². The van der Waals surface area contributed by atoms with Gasteiger partial charge in [-0.05, 0) is 37.0 Å². The Morgan fingerprint density at radius 2 is 1.94 bits per heavy atom. The third-order valence-electron chi connectivity index (χ3n) is 4.40. The molecule has 0 atom stereocenters. The average Bonchev–Trinajstić information content (AvgIpc) is 2.25. The van der Waals surface area contributed by atoms with Crippen molar-refractivity contribution in [3.63, 3.8) is 0 Å². The Morgan fingerprint density at radius 1 is 1.41 bits per heavy atom. The smallest absolute Gasteiger partial charge is 0.404 e. The highest BCUT2D eigenvalue weighted by Gasteiger charge is 2.45. The number of carbonyl (C=O) groups excluding carboxylic acids is 1. The third kappa shape index (κ3) is 3.35. The molecule has 1 fully saturated rings. The summed E-state index contributed by atoms with van der Waals surface area (Å²) in [6.45, 7) is 7.19. The van der Waals surface area contributed by atoms with Gasteiger partial charge in [0.05, 0.1) is 6.61 Å². The Hall–Kier alpha value is -0.770.